The first-order valence-corrected chi connectivity index (χ1v) is 8.11. The summed E-state index contributed by atoms with van der Waals surface area (Å²) in [5.74, 6) is -1.00. The summed E-state index contributed by atoms with van der Waals surface area (Å²) in [6.45, 7) is 0.235. The monoisotopic (exact) mass is 366 g/mol. The van der Waals surface area contributed by atoms with Crippen LogP contribution in [0.15, 0.2) is 18.2 Å². The van der Waals surface area contributed by atoms with Crippen LogP contribution in [-0.4, -0.2) is 33.0 Å². The number of amides is 1. The second kappa shape index (κ2) is 6.10. The van der Waals surface area contributed by atoms with E-state index < -0.39 is 30.6 Å². The van der Waals surface area contributed by atoms with E-state index in [-0.39, 0.29) is 18.3 Å². The van der Waals surface area contributed by atoms with Gasteiger partial charge in [-0.05, 0) is 42.4 Å². The third-order valence-corrected chi connectivity index (χ3v) is 4.67. The molecule has 4 rings (SSSR count). The number of nitrogens with zero attached hydrogens (tertiary/aromatic N) is 3. The molecule has 2 heterocycles. The maximum Gasteiger partial charge on any atom is 0.491 e. The van der Waals surface area contributed by atoms with Crippen molar-refractivity contribution < 1.29 is 27.6 Å². The summed E-state index contributed by atoms with van der Waals surface area (Å²) in [5.41, 5.74) is -0.435. The molecule has 0 saturated heterocycles. The SMILES string of the molecule is O=C(Nc1ccc2c(c1)B(O)OC2)c1nnn(C2CCC2)c1C(F)(F)F. The van der Waals surface area contributed by atoms with Gasteiger partial charge in [0.15, 0.2) is 11.4 Å². The van der Waals surface area contributed by atoms with Gasteiger partial charge in [-0.1, -0.05) is 11.3 Å². The Hall–Kier alpha value is -2.40. The Labute approximate surface area is 146 Å². The Balaban J connectivity index is 1.63. The molecule has 0 unspecified atom stereocenters. The molecule has 11 heteroatoms. The van der Waals surface area contributed by atoms with E-state index >= 15 is 0 Å². The third-order valence-electron chi connectivity index (χ3n) is 4.67. The summed E-state index contributed by atoms with van der Waals surface area (Å²) >= 11 is 0. The molecule has 1 aliphatic heterocycles. The Morgan fingerprint density at radius 2 is 2.15 bits per heavy atom. The molecule has 2 aliphatic rings. The van der Waals surface area contributed by atoms with E-state index in [1.165, 1.54) is 12.1 Å². The average molecular weight is 366 g/mol. The molecule has 1 aromatic carbocycles. The molecule has 26 heavy (non-hydrogen) atoms. The van der Waals surface area contributed by atoms with Gasteiger partial charge in [0.25, 0.3) is 5.91 Å². The lowest BCUT2D eigenvalue weighted by Crippen LogP contribution is -2.29. The zero-order chi connectivity index (χ0) is 18.5. The van der Waals surface area contributed by atoms with Crippen LogP contribution >= 0.6 is 0 Å². The van der Waals surface area contributed by atoms with Crippen molar-refractivity contribution in [2.24, 2.45) is 0 Å². The minimum atomic E-state index is -4.74. The molecule has 0 spiro atoms. The predicted molar refractivity (Wildman–Crippen MR) is 84.7 cm³/mol. The van der Waals surface area contributed by atoms with Crippen LogP contribution in [0.5, 0.6) is 0 Å². The van der Waals surface area contributed by atoms with E-state index in [2.05, 4.69) is 15.6 Å². The predicted octanol–water partition coefficient (Wildman–Crippen LogP) is 1.49. The Morgan fingerprint density at radius 3 is 2.81 bits per heavy atom. The first-order chi connectivity index (χ1) is 12.3. The van der Waals surface area contributed by atoms with E-state index in [1.54, 1.807) is 6.07 Å². The van der Waals surface area contributed by atoms with Gasteiger partial charge in [0.05, 0.1) is 12.6 Å². The summed E-state index contributed by atoms with van der Waals surface area (Å²) in [7, 11) is -1.12. The van der Waals surface area contributed by atoms with Crippen LogP contribution in [0.3, 0.4) is 0 Å². The number of rotatable bonds is 3. The zero-order valence-electron chi connectivity index (χ0n) is 13.5. The van der Waals surface area contributed by atoms with Crippen LogP contribution in [0.4, 0.5) is 18.9 Å². The van der Waals surface area contributed by atoms with Crippen LogP contribution in [0.1, 0.15) is 47.1 Å². The number of hydrogen-bond donors (Lipinski definition) is 2. The number of carbonyl (C=O) groups excluding carboxylic acids is 1. The molecule has 0 bridgehead atoms. The standard InChI is InChI=1S/C15H14BF3N4O3/c17-15(18,19)13-12(21-22-23(13)10-2-1-3-10)14(24)20-9-5-4-8-7-26-16(25)11(8)6-9/h4-6,10,25H,1-3,7H2,(H,20,24). The summed E-state index contributed by atoms with van der Waals surface area (Å²) in [6, 6.07) is 4.25. The highest BCUT2D eigenvalue weighted by molar-refractivity contribution is 6.61. The van der Waals surface area contributed by atoms with Crippen LogP contribution < -0.4 is 10.8 Å². The fourth-order valence-corrected chi connectivity index (χ4v) is 3.08. The highest BCUT2D eigenvalue weighted by Crippen LogP contribution is 2.38. The molecule has 1 fully saturated rings. The summed E-state index contributed by atoms with van der Waals surface area (Å²) < 4.78 is 46.2. The average Bonchev–Trinajstić information content (AvgIpc) is 3.10. The van der Waals surface area contributed by atoms with E-state index in [0.29, 0.717) is 18.3 Å². The lowest BCUT2D eigenvalue weighted by Gasteiger charge is -2.27. The van der Waals surface area contributed by atoms with Crippen LogP contribution in [0.2, 0.25) is 0 Å². The van der Waals surface area contributed by atoms with E-state index in [9.17, 15) is 23.0 Å². The number of benzene rings is 1. The topological polar surface area (TPSA) is 89.3 Å². The quantitative estimate of drug-likeness (QED) is 0.804. The fourth-order valence-electron chi connectivity index (χ4n) is 3.08. The van der Waals surface area contributed by atoms with Crippen molar-refractivity contribution in [1.29, 1.82) is 0 Å². The number of fused-ring (bicyclic) bond motifs is 1. The number of alkyl halides is 3. The Morgan fingerprint density at radius 1 is 1.38 bits per heavy atom. The van der Waals surface area contributed by atoms with E-state index in [0.717, 1.165) is 16.7 Å². The van der Waals surface area contributed by atoms with E-state index in [1.807, 2.05) is 0 Å². The molecule has 2 aromatic rings. The number of hydrogen-bond acceptors (Lipinski definition) is 5. The van der Waals surface area contributed by atoms with Gasteiger partial charge in [-0.2, -0.15) is 13.2 Å². The summed E-state index contributed by atoms with van der Waals surface area (Å²) in [4.78, 5) is 12.4. The second-order valence-corrected chi connectivity index (χ2v) is 6.34. The van der Waals surface area contributed by atoms with Gasteiger partial charge in [-0.15, -0.1) is 5.10 Å². The van der Waals surface area contributed by atoms with Gasteiger partial charge in [0.2, 0.25) is 0 Å². The van der Waals surface area contributed by atoms with Gasteiger partial charge < -0.3 is 15.0 Å². The van der Waals surface area contributed by atoms with Crippen molar-refractivity contribution in [2.45, 2.75) is 38.1 Å². The smallest absolute Gasteiger partial charge is 0.423 e. The molecule has 1 saturated carbocycles. The molecule has 136 valence electrons. The van der Waals surface area contributed by atoms with Crippen molar-refractivity contribution in [3.63, 3.8) is 0 Å². The van der Waals surface area contributed by atoms with Gasteiger partial charge in [-0.25, -0.2) is 4.68 Å². The van der Waals surface area contributed by atoms with Crippen LogP contribution in [0.25, 0.3) is 0 Å². The van der Waals surface area contributed by atoms with Crippen molar-refractivity contribution in [2.75, 3.05) is 5.32 Å². The molecule has 2 N–H and O–H groups in total. The Kier molecular flexibility index (Phi) is 4.00. The molecule has 0 radical (unpaired) electrons. The number of anilines is 1. The maximum atomic E-state index is 13.5. The van der Waals surface area contributed by atoms with Gasteiger partial charge in [0, 0.05) is 5.69 Å². The molecule has 7 nitrogen and oxygen atoms in total. The number of nitrogens with one attached hydrogen (secondary N) is 1. The van der Waals surface area contributed by atoms with Gasteiger partial charge in [0.1, 0.15) is 0 Å². The summed E-state index contributed by atoms with van der Waals surface area (Å²) in [5, 5.41) is 19.1. The molecular weight excluding hydrogens is 352 g/mol. The number of halogens is 3. The van der Waals surface area contributed by atoms with Crippen molar-refractivity contribution in [3.8, 4) is 0 Å². The maximum absolute atomic E-state index is 13.5. The molecule has 1 amide bonds. The van der Waals surface area contributed by atoms with Gasteiger partial charge in [-0.3, -0.25) is 4.79 Å². The zero-order valence-corrected chi connectivity index (χ0v) is 13.5. The van der Waals surface area contributed by atoms with Crippen molar-refractivity contribution in [1.82, 2.24) is 15.0 Å². The highest BCUT2D eigenvalue weighted by atomic mass is 19.4. The molecular formula is C15H14BF3N4O3. The lowest BCUT2D eigenvalue weighted by molar-refractivity contribution is -0.146. The van der Waals surface area contributed by atoms with Crippen molar-refractivity contribution in [3.05, 3.63) is 35.2 Å². The van der Waals surface area contributed by atoms with E-state index in [4.69, 9.17) is 4.65 Å². The molecule has 1 aromatic heterocycles. The lowest BCUT2D eigenvalue weighted by atomic mass is 9.79. The van der Waals surface area contributed by atoms with Crippen LogP contribution in [-0.2, 0) is 17.4 Å². The fraction of sp³-hybridized carbons (Fsp3) is 0.400. The van der Waals surface area contributed by atoms with Gasteiger partial charge >= 0.3 is 13.3 Å². The Bertz CT molecular complexity index is 866. The first-order valence-electron chi connectivity index (χ1n) is 8.11. The first kappa shape index (κ1) is 17.0. The minimum absolute atomic E-state index is 0.235. The number of carbonyl (C=O) groups is 1. The number of aromatic nitrogens is 3. The largest absolute Gasteiger partial charge is 0.491 e. The molecule has 1 aliphatic carbocycles. The third kappa shape index (κ3) is 2.86. The van der Waals surface area contributed by atoms with Crippen LogP contribution in [0, 0.1) is 0 Å². The second-order valence-electron chi connectivity index (χ2n) is 6.34. The summed E-state index contributed by atoms with van der Waals surface area (Å²) in [6.07, 6.45) is -2.76. The minimum Gasteiger partial charge on any atom is -0.423 e. The normalized spacial score (nSPS) is 17.2. The highest BCUT2D eigenvalue weighted by Gasteiger charge is 2.43. The molecule has 0 atom stereocenters. The van der Waals surface area contributed by atoms with Crippen molar-refractivity contribution >= 4 is 24.2 Å².